The molecule has 0 bridgehead atoms. The van der Waals surface area contributed by atoms with Crippen molar-refractivity contribution in [2.45, 2.75) is 32.5 Å². The monoisotopic (exact) mass is 412 g/mol. The van der Waals surface area contributed by atoms with Crippen molar-refractivity contribution in [1.29, 1.82) is 0 Å². The van der Waals surface area contributed by atoms with Gasteiger partial charge < -0.3 is 9.30 Å². The van der Waals surface area contributed by atoms with E-state index >= 15 is 0 Å². The fourth-order valence-electron chi connectivity index (χ4n) is 4.35. The summed E-state index contributed by atoms with van der Waals surface area (Å²) in [4.78, 5) is 13.8. The molecule has 0 radical (unpaired) electrons. The number of esters is 1. The van der Waals surface area contributed by atoms with Gasteiger partial charge in [-0.2, -0.15) is 0 Å². The van der Waals surface area contributed by atoms with Gasteiger partial charge >= 0.3 is 5.97 Å². The van der Waals surface area contributed by atoms with Crippen molar-refractivity contribution in [3.05, 3.63) is 70.7 Å². The predicted octanol–water partition coefficient (Wildman–Crippen LogP) is 4.51. The number of methoxy groups -OCH3 is 1. The average molecular weight is 412 g/mol. The zero-order valence-electron chi connectivity index (χ0n) is 17.3. The largest absolute Gasteiger partial charge is 0.465 e. The molecule has 0 aliphatic carbocycles. The van der Waals surface area contributed by atoms with Crippen LogP contribution in [-0.2, 0) is 17.7 Å². The Morgan fingerprint density at radius 3 is 2.60 bits per heavy atom. The minimum absolute atomic E-state index is 0.262. The third-order valence-corrected chi connectivity index (χ3v) is 6.03. The lowest BCUT2D eigenvalue weighted by Crippen LogP contribution is -2.25. The molecule has 4 rings (SSSR count). The van der Waals surface area contributed by atoms with E-state index in [4.69, 9.17) is 4.74 Å². The quantitative estimate of drug-likeness (QED) is 0.559. The first-order valence-electron chi connectivity index (χ1n) is 10.3. The summed E-state index contributed by atoms with van der Waals surface area (Å²) in [5, 5.41) is 0.898. The first kappa shape index (κ1) is 20.5. The molecule has 1 aromatic heterocycles. The van der Waals surface area contributed by atoms with Crippen LogP contribution in [0.2, 0.25) is 0 Å². The number of fused-ring (bicyclic) bond motifs is 1. The molecule has 3 aromatic rings. The Kier molecular flexibility index (Phi) is 5.86. The van der Waals surface area contributed by atoms with Crippen LogP contribution in [0.4, 0.5) is 8.78 Å². The Morgan fingerprint density at radius 2 is 1.93 bits per heavy atom. The molecule has 6 heteroatoms. The van der Waals surface area contributed by atoms with Gasteiger partial charge in [0.15, 0.2) is 0 Å². The molecule has 0 N–H and O–H groups in total. The first-order chi connectivity index (χ1) is 14.5. The Bertz CT molecular complexity index is 1060. The molecule has 4 nitrogen and oxygen atoms in total. The number of ether oxygens (including phenoxy) is 1. The van der Waals surface area contributed by atoms with Crippen molar-refractivity contribution >= 4 is 16.9 Å². The van der Waals surface area contributed by atoms with Gasteiger partial charge in [-0.1, -0.05) is 12.1 Å². The van der Waals surface area contributed by atoms with Crippen LogP contribution in [0.1, 0.15) is 33.6 Å². The number of hydrogen-bond donors (Lipinski definition) is 0. The van der Waals surface area contributed by atoms with Crippen LogP contribution in [0, 0.1) is 12.7 Å². The number of rotatable bonds is 6. The van der Waals surface area contributed by atoms with E-state index in [-0.39, 0.29) is 11.8 Å². The highest BCUT2D eigenvalue weighted by Gasteiger charge is 2.22. The number of halogens is 2. The Labute approximate surface area is 175 Å². The maximum Gasteiger partial charge on any atom is 0.337 e. The summed E-state index contributed by atoms with van der Waals surface area (Å²) >= 11 is 0. The number of alkyl halides is 1. The molecule has 0 spiro atoms. The molecule has 1 saturated heterocycles. The minimum Gasteiger partial charge on any atom is -0.465 e. The molecular weight excluding hydrogens is 386 g/mol. The standard InChI is InChI=1S/C24H26F2N2O2/c1-16-21(13-17-3-5-18(6-4-17)24(29)30-2)22-14-19(25)7-8-23(22)28(16)12-11-27-10-9-20(26)15-27/h3-8,14,20H,9-13,15H2,1-2H3. The normalized spacial score (nSPS) is 17.0. The van der Waals surface area contributed by atoms with E-state index in [2.05, 4.69) is 16.4 Å². The van der Waals surface area contributed by atoms with Crippen LogP contribution < -0.4 is 0 Å². The van der Waals surface area contributed by atoms with Crippen LogP contribution in [0.15, 0.2) is 42.5 Å². The van der Waals surface area contributed by atoms with E-state index < -0.39 is 6.17 Å². The zero-order chi connectivity index (χ0) is 21.3. The van der Waals surface area contributed by atoms with E-state index in [1.807, 2.05) is 18.2 Å². The maximum atomic E-state index is 14.0. The summed E-state index contributed by atoms with van der Waals surface area (Å²) in [5.41, 5.74) is 4.69. The van der Waals surface area contributed by atoms with Gasteiger partial charge in [0.25, 0.3) is 0 Å². The van der Waals surface area contributed by atoms with E-state index in [1.54, 1.807) is 18.2 Å². The second kappa shape index (κ2) is 8.56. The van der Waals surface area contributed by atoms with Crippen molar-refractivity contribution in [3.63, 3.8) is 0 Å². The second-order valence-corrected chi connectivity index (χ2v) is 7.93. The summed E-state index contributed by atoms with van der Waals surface area (Å²) < 4.78 is 34.5. The molecule has 0 amide bonds. The number of likely N-dealkylation sites (tertiary alicyclic amines) is 1. The third-order valence-electron chi connectivity index (χ3n) is 6.03. The molecular formula is C24H26F2N2O2. The number of carbonyl (C=O) groups is 1. The highest BCUT2D eigenvalue weighted by Crippen LogP contribution is 2.29. The molecule has 2 aromatic carbocycles. The fraction of sp³-hybridized carbons (Fsp3) is 0.375. The molecule has 0 saturated carbocycles. The van der Waals surface area contributed by atoms with Crippen LogP contribution in [0.3, 0.4) is 0 Å². The van der Waals surface area contributed by atoms with Crippen LogP contribution in [0.25, 0.3) is 10.9 Å². The SMILES string of the molecule is COC(=O)c1ccc(Cc2c(C)n(CCN3CCC(F)C3)c3ccc(F)cc23)cc1. The smallest absolute Gasteiger partial charge is 0.337 e. The highest BCUT2D eigenvalue weighted by atomic mass is 19.1. The topological polar surface area (TPSA) is 34.5 Å². The van der Waals surface area contributed by atoms with Crippen LogP contribution in [-0.4, -0.2) is 48.4 Å². The summed E-state index contributed by atoms with van der Waals surface area (Å²) in [7, 11) is 1.36. The van der Waals surface area contributed by atoms with Crippen molar-refractivity contribution in [2.24, 2.45) is 0 Å². The Morgan fingerprint density at radius 1 is 1.17 bits per heavy atom. The number of carbonyl (C=O) groups excluding carboxylic acids is 1. The van der Waals surface area contributed by atoms with Gasteiger partial charge in [-0.3, -0.25) is 4.90 Å². The third kappa shape index (κ3) is 4.10. The van der Waals surface area contributed by atoms with Gasteiger partial charge in [0.1, 0.15) is 12.0 Å². The summed E-state index contributed by atoms with van der Waals surface area (Å²) in [6, 6.07) is 12.2. The molecule has 1 aliphatic heterocycles. The molecule has 1 aliphatic rings. The van der Waals surface area contributed by atoms with E-state index in [0.29, 0.717) is 24.9 Å². The van der Waals surface area contributed by atoms with E-state index in [9.17, 15) is 13.6 Å². The summed E-state index contributed by atoms with van der Waals surface area (Å²) in [6.45, 7) is 4.84. The lowest BCUT2D eigenvalue weighted by molar-refractivity contribution is 0.0600. The molecule has 30 heavy (non-hydrogen) atoms. The number of aromatic nitrogens is 1. The predicted molar refractivity (Wildman–Crippen MR) is 113 cm³/mol. The van der Waals surface area contributed by atoms with Gasteiger partial charge in [0, 0.05) is 42.8 Å². The van der Waals surface area contributed by atoms with Gasteiger partial charge in [-0.25, -0.2) is 13.6 Å². The van der Waals surface area contributed by atoms with Crippen LogP contribution >= 0.6 is 0 Å². The number of hydrogen-bond acceptors (Lipinski definition) is 3. The van der Waals surface area contributed by atoms with Crippen molar-refractivity contribution in [2.75, 3.05) is 26.7 Å². The number of nitrogens with zero attached hydrogens (tertiary/aromatic N) is 2. The van der Waals surface area contributed by atoms with Crippen molar-refractivity contribution < 1.29 is 18.3 Å². The minimum atomic E-state index is -0.731. The van der Waals surface area contributed by atoms with Gasteiger partial charge in [-0.15, -0.1) is 0 Å². The van der Waals surface area contributed by atoms with E-state index in [0.717, 1.165) is 47.4 Å². The lowest BCUT2D eigenvalue weighted by Gasteiger charge is -2.17. The Balaban J connectivity index is 1.63. The molecule has 158 valence electrons. The van der Waals surface area contributed by atoms with Crippen molar-refractivity contribution in [3.8, 4) is 0 Å². The lowest BCUT2D eigenvalue weighted by atomic mass is 10.0. The molecule has 1 atom stereocenters. The molecule has 1 fully saturated rings. The van der Waals surface area contributed by atoms with Gasteiger partial charge in [0.2, 0.25) is 0 Å². The maximum absolute atomic E-state index is 14.0. The highest BCUT2D eigenvalue weighted by molar-refractivity contribution is 5.89. The van der Waals surface area contributed by atoms with E-state index in [1.165, 1.54) is 13.2 Å². The molecule has 2 heterocycles. The number of benzene rings is 2. The summed E-state index contributed by atoms with van der Waals surface area (Å²) in [6.07, 6.45) is 0.505. The Hall–Kier alpha value is -2.73. The first-order valence-corrected chi connectivity index (χ1v) is 10.3. The van der Waals surface area contributed by atoms with Gasteiger partial charge in [-0.05, 0) is 61.2 Å². The average Bonchev–Trinajstić information content (AvgIpc) is 3.27. The second-order valence-electron chi connectivity index (χ2n) is 7.93. The fourth-order valence-corrected chi connectivity index (χ4v) is 4.35. The van der Waals surface area contributed by atoms with Crippen LogP contribution in [0.5, 0.6) is 0 Å². The zero-order valence-corrected chi connectivity index (χ0v) is 17.3. The molecule has 1 unspecified atom stereocenters. The van der Waals surface area contributed by atoms with Gasteiger partial charge in [0.05, 0.1) is 12.7 Å². The summed E-state index contributed by atoms with van der Waals surface area (Å²) in [5.74, 6) is -0.629. The van der Waals surface area contributed by atoms with Crippen molar-refractivity contribution in [1.82, 2.24) is 9.47 Å².